The van der Waals surface area contributed by atoms with Gasteiger partial charge in [-0.15, -0.1) is 10.2 Å². The summed E-state index contributed by atoms with van der Waals surface area (Å²) in [5.41, 5.74) is 0. The summed E-state index contributed by atoms with van der Waals surface area (Å²) in [6, 6.07) is 0.104. The number of hydrogen-bond donors (Lipinski definition) is 1. The van der Waals surface area contributed by atoms with E-state index in [1.54, 1.807) is 0 Å². The van der Waals surface area contributed by atoms with Gasteiger partial charge >= 0.3 is 0 Å². The van der Waals surface area contributed by atoms with E-state index in [-0.39, 0.29) is 6.04 Å². The standard InChI is InChI=1S/C12H18N6S/c1-7(2)10-14-12(19-17-10)13-8(3)11-16-15-9-5-4-6-18(9)11/h7-8H,4-6H2,1-3H3,(H,13,14,17)/t8-/m0/s1. The smallest absolute Gasteiger partial charge is 0.203 e. The average Bonchev–Trinajstić information content (AvgIpc) is 3.03. The molecule has 0 radical (unpaired) electrons. The minimum atomic E-state index is 0.104. The quantitative estimate of drug-likeness (QED) is 0.930. The first-order valence-electron chi connectivity index (χ1n) is 6.67. The average molecular weight is 278 g/mol. The van der Waals surface area contributed by atoms with E-state index in [1.807, 2.05) is 0 Å². The largest absolute Gasteiger partial charge is 0.351 e. The summed E-state index contributed by atoms with van der Waals surface area (Å²) < 4.78 is 6.56. The molecule has 3 heterocycles. The number of hydrogen-bond acceptors (Lipinski definition) is 6. The molecule has 7 heteroatoms. The molecule has 6 nitrogen and oxygen atoms in total. The SMILES string of the molecule is CC(C)c1nsc(N[C@@H](C)c2nnc3n2CCC3)n1. The van der Waals surface area contributed by atoms with Gasteiger partial charge in [0, 0.05) is 30.4 Å². The summed E-state index contributed by atoms with van der Waals surface area (Å²) in [5, 5.41) is 12.7. The van der Waals surface area contributed by atoms with E-state index in [0.717, 1.165) is 35.6 Å². The minimum Gasteiger partial charge on any atom is -0.351 e. The summed E-state index contributed by atoms with van der Waals surface area (Å²) in [6.45, 7) is 7.31. The maximum absolute atomic E-state index is 4.49. The molecule has 0 aliphatic carbocycles. The van der Waals surface area contributed by atoms with Crippen LogP contribution in [0.15, 0.2) is 0 Å². The number of fused-ring (bicyclic) bond motifs is 1. The van der Waals surface area contributed by atoms with Crippen molar-refractivity contribution in [3.05, 3.63) is 17.5 Å². The molecule has 0 unspecified atom stereocenters. The molecule has 3 rings (SSSR count). The van der Waals surface area contributed by atoms with Gasteiger partial charge in [-0.2, -0.15) is 4.37 Å². The Hall–Kier alpha value is -1.50. The summed E-state index contributed by atoms with van der Waals surface area (Å²) in [7, 11) is 0. The number of nitrogens with one attached hydrogen (secondary N) is 1. The summed E-state index contributed by atoms with van der Waals surface area (Å²) in [6.07, 6.45) is 2.21. The highest BCUT2D eigenvalue weighted by atomic mass is 32.1. The van der Waals surface area contributed by atoms with Crippen LogP contribution in [0.5, 0.6) is 0 Å². The maximum Gasteiger partial charge on any atom is 0.203 e. The number of anilines is 1. The van der Waals surface area contributed by atoms with Crippen molar-refractivity contribution < 1.29 is 0 Å². The molecule has 0 aromatic carbocycles. The zero-order chi connectivity index (χ0) is 13.4. The van der Waals surface area contributed by atoms with Crippen LogP contribution in [-0.2, 0) is 13.0 Å². The molecule has 2 aromatic rings. The Kier molecular flexibility index (Phi) is 3.22. The predicted octanol–water partition coefficient (Wildman–Crippen LogP) is 2.37. The molecule has 0 saturated heterocycles. The van der Waals surface area contributed by atoms with E-state index in [9.17, 15) is 0 Å². The topological polar surface area (TPSA) is 68.5 Å². The minimum absolute atomic E-state index is 0.104. The monoisotopic (exact) mass is 278 g/mol. The van der Waals surface area contributed by atoms with Crippen molar-refractivity contribution in [1.82, 2.24) is 24.1 Å². The van der Waals surface area contributed by atoms with Crippen molar-refractivity contribution in [2.75, 3.05) is 5.32 Å². The Morgan fingerprint density at radius 1 is 1.26 bits per heavy atom. The highest BCUT2D eigenvalue weighted by molar-refractivity contribution is 7.09. The summed E-state index contributed by atoms with van der Waals surface area (Å²) in [5.74, 6) is 3.35. The number of rotatable bonds is 4. The fourth-order valence-electron chi connectivity index (χ4n) is 2.27. The zero-order valence-corrected chi connectivity index (χ0v) is 12.2. The lowest BCUT2D eigenvalue weighted by Crippen LogP contribution is -2.13. The van der Waals surface area contributed by atoms with Crippen LogP contribution in [0, 0.1) is 0 Å². The summed E-state index contributed by atoms with van der Waals surface area (Å²) >= 11 is 1.41. The molecule has 0 bridgehead atoms. The van der Waals surface area contributed by atoms with Crippen molar-refractivity contribution in [1.29, 1.82) is 0 Å². The second-order valence-electron chi connectivity index (χ2n) is 5.21. The molecule has 0 amide bonds. The van der Waals surface area contributed by atoms with Gasteiger partial charge in [-0.3, -0.25) is 0 Å². The van der Waals surface area contributed by atoms with E-state index in [4.69, 9.17) is 0 Å². The fourth-order valence-corrected chi connectivity index (χ4v) is 3.07. The van der Waals surface area contributed by atoms with E-state index < -0.39 is 0 Å². The van der Waals surface area contributed by atoms with E-state index in [1.165, 1.54) is 18.0 Å². The van der Waals surface area contributed by atoms with Gasteiger partial charge in [-0.05, 0) is 13.3 Å². The van der Waals surface area contributed by atoms with Crippen molar-refractivity contribution in [2.24, 2.45) is 0 Å². The molecule has 1 N–H and O–H groups in total. The van der Waals surface area contributed by atoms with E-state index >= 15 is 0 Å². The first kappa shape index (κ1) is 12.5. The Morgan fingerprint density at radius 2 is 2.11 bits per heavy atom. The number of aryl methyl sites for hydroxylation is 1. The van der Waals surface area contributed by atoms with E-state index in [0.29, 0.717) is 5.92 Å². The van der Waals surface area contributed by atoms with Crippen LogP contribution in [0.3, 0.4) is 0 Å². The molecule has 19 heavy (non-hydrogen) atoms. The fraction of sp³-hybridized carbons (Fsp3) is 0.667. The lowest BCUT2D eigenvalue weighted by molar-refractivity contribution is 0.651. The molecule has 0 saturated carbocycles. The lowest BCUT2D eigenvalue weighted by Gasteiger charge is -2.12. The Morgan fingerprint density at radius 3 is 2.84 bits per heavy atom. The first-order valence-corrected chi connectivity index (χ1v) is 7.44. The van der Waals surface area contributed by atoms with Crippen molar-refractivity contribution in [2.45, 2.75) is 52.1 Å². The Labute approximate surface area is 116 Å². The molecule has 0 fully saturated rings. The second-order valence-corrected chi connectivity index (χ2v) is 5.96. The summed E-state index contributed by atoms with van der Waals surface area (Å²) in [4.78, 5) is 4.49. The highest BCUT2D eigenvalue weighted by Gasteiger charge is 2.22. The zero-order valence-electron chi connectivity index (χ0n) is 11.4. The van der Waals surface area contributed by atoms with Crippen molar-refractivity contribution in [3.8, 4) is 0 Å². The molecular formula is C12H18N6S. The predicted molar refractivity (Wildman–Crippen MR) is 74.4 cm³/mol. The normalized spacial score (nSPS) is 15.8. The second kappa shape index (κ2) is 4.88. The third kappa shape index (κ3) is 2.34. The molecule has 2 aromatic heterocycles. The van der Waals surface area contributed by atoms with Crippen molar-refractivity contribution >= 4 is 16.7 Å². The Balaban J connectivity index is 1.75. The van der Waals surface area contributed by atoms with Crippen LogP contribution in [-0.4, -0.2) is 24.1 Å². The Bertz CT molecular complexity index is 573. The lowest BCUT2D eigenvalue weighted by atomic mass is 10.2. The van der Waals surface area contributed by atoms with Gasteiger partial charge in [0.2, 0.25) is 5.13 Å². The van der Waals surface area contributed by atoms with Crippen LogP contribution in [0.4, 0.5) is 5.13 Å². The van der Waals surface area contributed by atoms with Gasteiger partial charge in [0.05, 0.1) is 6.04 Å². The highest BCUT2D eigenvalue weighted by Crippen LogP contribution is 2.24. The molecule has 1 aliphatic heterocycles. The van der Waals surface area contributed by atoms with Gasteiger partial charge < -0.3 is 9.88 Å². The molecule has 1 atom stereocenters. The van der Waals surface area contributed by atoms with Gasteiger partial charge in [0.1, 0.15) is 11.6 Å². The van der Waals surface area contributed by atoms with Crippen LogP contribution >= 0.6 is 11.5 Å². The molecule has 102 valence electrons. The first-order chi connectivity index (χ1) is 9.15. The molecule has 1 aliphatic rings. The van der Waals surface area contributed by atoms with Gasteiger partial charge in [0.15, 0.2) is 5.82 Å². The molecular weight excluding hydrogens is 260 g/mol. The van der Waals surface area contributed by atoms with Gasteiger partial charge in [-0.1, -0.05) is 13.8 Å². The third-order valence-electron chi connectivity index (χ3n) is 3.32. The van der Waals surface area contributed by atoms with Gasteiger partial charge in [0.25, 0.3) is 0 Å². The van der Waals surface area contributed by atoms with Crippen molar-refractivity contribution in [3.63, 3.8) is 0 Å². The van der Waals surface area contributed by atoms with Crippen LogP contribution < -0.4 is 5.32 Å². The van der Waals surface area contributed by atoms with Crippen LogP contribution in [0.1, 0.15) is 56.6 Å². The molecule has 0 spiro atoms. The van der Waals surface area contributed by atoms with Crippen LogP contribution in [0.25, 0.3) is 0 Å². The van der Waals surface area contributed by atoms with Crippen LogP contribution in [0.2, 0.25) is 0 Å². The number of nitrogens with zero attached hydrogens (tertiary/aromatic N) is 5. The van der Waals surface area contributed by atoms with E-state index in [2.05, 4.69) is 50.2 Å². The maximum atomic E-state index is 4.49. The van der Waals surface area contributed by atoms with Gasteiger partial charge in [-0.25, -0.2) is 4.98 Å². The number of aromatic nitrogens is 5. The third-order valence-corrected chi connectivity index (χ3v) is 3.98.